The van der Waals surface area contributed by atoms with E-state index in [2.05, 4.69) is 0 Å². The van der Waals surface area contributed by atoms with Crippen molar-refractivity contribution in [1.29, 1.82) is 0 Å². The number of rotatable bonds is 0. The van der Waals surface area contributed by atoms with Gasteiger partial charge < -0.3 is 35.7 Å². The number of aliphatic hydroxyl groups is 7. The van der Waals surface area contributed by atoms with Crippen molar-refractivity contribution in [1.82, 2.24) is 0 Å². The Balaban J connectivity index is -0.0000000189. The summed E-state index contributed by atoms with van der Waals surface area (Å²) in [6.07, 6.45) is -0.167. The molecular formula is C15H44O7Y. The van der Waals surface area contributed by atoms with Crippen molar-refractivity contribution < 1.29 is 68.5 Å². The van der Waals surface area contributed by atoms with Crippen LogP contribution in [0.15, 0.2) is 0 Å². The zero-order valence-corrected chi connectivity index (χ0v) is 19.4. The summed E-state index contributed by atoms with van der Waals surface area (Å²) in [5.74, 6) is 0. The van der Waals surface area contributed by atoms with Gasteiger partial charge in [0, 0.05) is 78.5 Å². The Kier molecular flexibility index (Phi) is 243. The van der Waals surface area contributed by atoms with Crippen LogP contribution in [-0.2, 0) is 32.7 Å². The Morgan fingerprint density at radius 2 is 0.478 bits per heavy atom. The second kappa shape index (κ2) is 113. The van der Waals surface area contributed by atoms with Crippen LogP contribution in [0.25, 0.3) is 0 Å². The average Bonchev–Trinajstić information content (AvgIpc) is 2.33. The van der Waals surface area contributed by atoms with E-state index in [0.717, 1.165) is 0 Å². The zero-order chi connectivity index (χ0) is 19.8. The van der Waals surface area contributed by atoms with E-state index in [-0.39, 0.29) is 78.5 Å². The van der Waals surface area contributed by atoms with Crippen molar-refractivity contribution in [2.24, 2.45) is 0 Å². The molecule has 0 aliphatic heterocycles. The molecule has 0 unspecified atom stereocenters. The summed E-state index contributed by atoms with van der Waals surface area (Å²) in [5.41, 5.74) is 0. The maximum Gasteiger partial charge on any atom is 0.0483 e. The molecule has 23 heavy (non-hydrogen) atoms. The van der Waals surface area contributed by atoms with Crippen LogP contribution >= 0.6 is 0 Å². The SMILES string of the molecule is CC(C)O.CCO.CCO.CCO.CCO.CCO.CCO.[Y]. The third kappa shape index (κ3) is 14600. The van der Waals surface area contributed by atoms with E-state index in [9.17, 15) is 0 Å². The molecule has 0 heterocycles. The molecule has 0 amide bonds. The molecule has 0 aromatic rings. The number of aliphatic hydroxyl groups excluding tert-OH is 7. The molecule has 0 aromatic carbocycles. The Morgan fingerprint density at radius 3 is 0.478 bits per heavy atom. The van der Waals surface area contributed by atoms with E-state index in [1.54, 1.807) is 55.4 Å². The summed E-state index contributed by atoms with van der Waals surface area (Å²) in [7, 11) is 0. The first-order valence-electron chi connectivity index (χ1n) is 7.55. The summed E-state index contributed by atoms with van der Waals surface area (Å²) < 4.78 is 0. The Morgan fingerprint density at radius 1 is 0.478 bits per heavy atom. The molecule has 1 radical (unpaired) electrons. The molecule has 0 fully saturated rings. The number of hydrogen-bond acceptors (Lipinski definition) is 7. The zero-order valence-electron chi connectivity index (χ0n) is 16.5. The van der Waals surface area contributed by atoms with Crippen LogP contribution in [0.4, 0.5) is 0 Å². The molecule has 0 atom stereocenters. The molecule has 0 saturated carbocycles. The third-order valence-corrected chi connectivity index (χ3v) is 0. The first-order valence-corrected chi connectivity index (χ1v) is 7.55. The maximum atomic E-state index is 8.06. The van der Waals surface area contributed by atoms with Gasteiger partial charge >= 0.3 is 0 Å². The van der Waals surface area contributed by atoms with Crippen LogP contribution in [0.3, 0.4) is 0 Å². The first-order chi connectivity index (χ1) is 10.2. The normalized spacial score (nSPS) is 6.26. The van der Waals surface area contributed by atoms with E-state index >= 15 is 0 Å². The molecule has 0 aliphatic rings. The van der Waals surface area contributed by atoms with Crippen molar-refractivity contribution in [3.63, 3.8) is 0 Å². The van der Waals surface area contributed by atoms with Gasteiger partial charge in [0.2, 0.25) is 0 Å². The topological polar surface area (TPSA) is 142 Å². The van der Waals surface area contributed by atoms with E-state index in [1.807, 2.05) is 0 Å². The van der Waals surface area contributed by atoms with E-state index in [4.69, 9.17) is 35.7 Å². The molecule has 149 valence electrons. The van der Waals surface area contributed by atoms with Gasteiger partial charge in [0.15, 0.2) is 0 Å². The van der Waals surface area contributed by atoms with Gasteiger partial charge in [-0.1, -0.05) is 0 Å². The Labute approximate surface area is 169 Å². The summed E-state index contributed by atoms with van der Waals surface area (Å²) >= 11 is 0. The summed E-state index contributed by atoms with van der Waals surface area (Å²) in [6.45, 7) is 15.0. The molecule has 0 rings (SSSR count). The summed E-state index contributed by atoms with van der Waals surface area (Å²) in [6, 6.07) is 0. The molecule has 0 aromatic heterocycles. The van der Waals surface area contributed by atoms with Crippen LogP contribution < -0.4 is 0 Å². The van der Waals surface area contributed by atoms with Gasteiger partial charge in [-0.05, 0) is 55.4 Å². The third-order valence-electron chi connectivity index (χ3n) is 0. The molecule has 0 spiro atoms. The fourth-order valence-electron chi connectivity index (χ4n) is 0. The van der Waals surface area contributed by atoms with Gasteiger partial charge in [-0.3, -0.25) is 0 Å². The van der Waals surface area contributed by atoms with Gasteiger partial charge in [0.1, 0.15) is 0 Å². The van der Waals surface area contributed by atoms with E-state index in [0.29, 0.717) is 0 Å². The molecule has 0 aliphatic carbocycles. The van der Waals surface area contributed by atoms with Gasteiger partial charge in [-0.15, -0.1) is 0 Å². The van der Waals surface area contributed by atoms with Gasteiger partial charge in [0.25, 0.3) is 0 Å². The van der Waals surface area contributed by atoms with Crippen molar-refractivity contribution in [3.05, 3.63) is 0 Å². The standard InChI is InChI=1S/C3H8O.6C2H6O.Y/c1-3(2)4;6*1-2-3;/h3-4H,1-2H3;6*3H,2H2,1H3;. The van der Waals surface area contributed by atoms with Crippen LogP contribution in [0.2, 0.25) is 0 Å². The minimum Gasteiger partial charge on any atom is -0.397 e. The Hall–Kier alpha value is 0.824. The van der Waals surface area contributed by atoms with Crippen molar-refractivity contribution in [2.75, 3.05) is 39.6 Å². The predicted octanol–water partition coefficient (Wildman–Crippen LogP) is 0.376. The van der Waals surface area contributed by atoms with Crippen LogP contribution in [0.5, 0.6) is 0 Å². The first kappa shape index (κ1) is 49.6. The van der Waals surface area contributed by atoms with Gasteiger partial charge in [-0.25, -0.2) is 0 Å². The van der Waals surface area contributed by atoms with Crippen LogP contribution in [0, 0.1) is 0 Å². The predicted molar refractivity (Wildman–Crippen MR) is 93.9 cm³/mol. The van der Waals surface area contributed by atoms with Crippen molar-refractivity contribution >= 4 is 0 Å². The fraction of sp³-hybridized carbons (Fsp3) is 1.00. The largest absolute Gasteiger partial charge is 0.397 e. The maximum absolute atomic E-state index is 8.06. The number of hydrogen-bond donors (Lipinski definition) is 7. The average molecular weight is 425 g/mol. The monoisotopic (exact) mass is 425 g/mol. The van der Waals surface area contributed by atoms with Crippen molar-refractivity contribution in [3.8, 4) is 0 Å². The quantitative estimate of drug-likeness (QED) is 0.297. The van der Waals surface area contributed by atoms with E-state index in [1.165, 1.54) is 0 Å². The van der Waals surface area contributed by atoms with E-state index < -0.39 is 0 Å². The summed E-state index contributed by atoms with van der Waals surface area (Å²) in [4.78, 5) is 0. The van der Waals surface area contributed by atoms with Crippen molar-refractivity contribution in [2.45, 2.75) is 61.5 Å². The smallest absolute Gasteiger partial charge is 0.0483 e. The second-order valence-electron chi connectivity index (χ2n) is 2.99. The molecule has 7 N–H and O–H groups in total. The molecule has 0 saturated heterocycles. The Bertz CT molecular complexity index is 62.6. The van der Waals surface area contributed by atoms with Gasteiger partial charge in [0.05, 0.1) is 0 Å². The molecule has 8 heteroatoms. The molecule has 7 nitrogen and oxygen atoms in total. The molecule has 0 bridgehead atoms. The second-order valence-corrected chi connectivity index (χ2v) is 2.99. The summed E-state index contributed by atoms with van der Waals surface area (Å²) in [5, 5.41) is 53.5. The minimum absolute atomic E-state index is 0. The minimum atomic E-state index is -0.167. The fourth-order valence-corrected chi connectivity index (χ4v) is 0. The van der Waals surface area contributed by atoms with Gasteiger partial charge in [-0.2, -0.15) is 0 Å². The molecular weight excluding hydrogens is 381 g/mol. The van der Waals surface area contributed by atoms with Crippen LogP contribution in [0.1, 0.15) is 55.4 Å². The van der Waals surface area contributed by atoms with Crippen LogP contribution in [-0.4, -0.2) is 81.5 Å².